The second kappa shape index (κ2) is 4.85. The molecule has 0 bridgehead atoms. The molecule has 0 radical (unpaired) electrons. The Hall–Kier alpha value is -2.55. The molecule has 0 aliphatic heterocycles. The highest BCUT2D eigenvalue weighted by Crippen LogP contribution is 2.26. The predicted molar refractivity (Wildman–Crippen MR) is 79.0 cm³/mol. The minimum Gasteiger partial charge on any atom is -0.508 e. The fourth-order valence-corrected chi connectivity index (χ4v) is 2.37. The SMILES string of the molecule is CCc1ccccc1-c1cc2ccc(O)cc2c(=O)o1. The van der Waals surface area contributed by atoms with Crippen molar-refractivity contribution in [2.45, 2.75) is 13.3 Å². The fraction of sp³-hybridized carbons (Fsp3) is 0.118. The van der Waals surface area contributed by atoms with Crippen LogP contribution in [0.1, 0.15) is 12.5 Å². The number of hydrogen-bond acceptors (Lipinski definition) is 3. The maximum atomic E-state index is 12.0. The highest BCUT2D eigenvalue weighted by Gasteiger charge is 2.09. The van der Waals surface area contributed by atoms with Gasteiger partial charge < -0.3 is 9.52 Å². The molecule has 1 N–H and O–H groups in total. The summed E-state index contributed by atoms with van der Waals surface area (Å²) in [6.45, 7) is 2.07. The molecule has 3 rings (SSSR count). The van der Waals surface area contributed by atoms with E-state index in [-0.39, 0.29) is 5.75 Å². The Labute approximate surface area is 116 Å². The number of benzene rings is 2. The first-order valence-corrected chi connectivity index (χ1v) is 6.54. The number of aryl methyl sites for hydroxylation is 1. The molecule has 0 unspecified atom stereocenters. The van der Waals surface area contributed by atoms with Crippen LogP contribution in [0.15, 0.2) is 57.7 Å². The van der Waals surface area contributed by atoms with Crippen LogP contribution in [0.25, 0.3) is 22.1 Å². The van der Waals surface area contributed by atoms with Crippen LogP contribution in [0.5, 0.6) is 5.75 Å². The Morgan fingerprint density at radius 2 is 1.90 bits per heavy atom. The largest absolute Gasteiger partial charge is 0.508 e. The second-order valence-electron chi connectivity index (χ2n) is 4.68. The van der Waals surface area contributed by atoms with Crippen molar-refractivity contribution in [1.82, 2.24) is 0 Å². The topological polar surface area (TPSA) is 50.4 Å². The van der Waals surface area contributed by atoms with Gasteiger partial charge in [0.05, 0.1) is 5.39 Å². The van der Waals surface area contributed by atoms with Gasteiger partial charge >= 0.3 is 5.63 Å². The normalized spacial score (nSPS) is 10.8. The van der Waals surface area contributed by atoms with Gasteiger partial charge in [-0.05, 0) is 35.6 Å². The summed E-state index contributed by atoms with van der Waals surface area (Å²) in [6.07, 6.45) is 0.869. The van der Waals surface area contributed by atoms with E-state index >= 15 is 0 Å². The standard InChI is InChI=1S/C17H14O3/c1-2-11-5-3-4-6-14(11)16-9-12-7-8-13(18)10-15(12)17(19)20-16/h3-10,18H,2H2,1H3. The van der Waals surface area contributed by atoms with Gasteiger partial charge in [0.25, 0.3) is 0 Å². The molecule has 0 atom stereocenters. The van der Waals surface area contributed by atoms with E-state index in [1.807, 2.05) is 30.3 Å². The highest BCUT2D eigenvalue weighted by molar-refractivity contribution is 5.85. The average Bonchev–Trinajstić information content (AvgIpc) is 2.47. The fourth-order valence-electron chi connectivity index (χ4n) is 2.37. The minimum absolute atomic E-state index is 0.0616. The van der Waals surface area contributed by atoms with Crippen LogP contribution in [0.4, 0.5) is 0 Å². The van der Waals surface area contributed by atoms with Crippen LogP contribution >= 0.6 is 0 Å². The van der Waals surface area contributed by atoms with Gasteiger partial charge in [0.15, 0.2) is 0 Å². The third kappa shape index (κ3) is 2.07. The molecule has 100 valence electrons. The van der Waals surface area contributed by atoms with E-state index in [1.54, 1.807) is 12.1 Å². The Bertz CT molecular complexity index is 831. The highest BCUT2D eigenvalue weighted by atomic mass is 16.4. The van der Waals surface area contributed by atoms with Crippen molar-refractivity contribution in [1.29, 1.82) is 0 Å². The molecule has 0 spiro atoms. The zero-order valence-electron chi connectivity index (χ0n) is 11.1. The molecular formula is C17H14O3. The smallest absolute Gasteiger partial charge is 0.344 e. The van der Waals surface area contributed by atoms with Crippen LogP contribution in [0.2, 0.25) is 0 Å². The molecule has 1 heterocycles. The number of phenolic OH excluding ortho intramolecular Hbond substituents is 1. The van der Waals surface area contributed by atoms with Crippen molar-refractivity contribution in [3.05, 3.63) is 64.5 Å². The van der Waals surface area contributed by atoms with Gasteiger partial charge in [0.2, 0.25) is 0 Å². The third-order valence-electron chi connectivity index (χ3n) is 3.41. The van der Waals surface area contributed by atoms with Gasteiger partial charge in [0.1, 0.15) is 11.5 Å². The molecule has 0 saturated heterocycles. The predicted octanol–water partition coefficient (Wildman–Crippen LogP) is 3.73. The van der Waals surface area contributed by atoms with E-state index in [4.69, 9.17) is 4.42 Å². The summed E-state index contributed by atoms with van der Waals surface area (Å²) >= 11 is 0. The number of hydrogen-bond donors (Lipinski definition) is 1. The summed E-state index contributed by atoms with van der Waals surface area (Å²) in [5.74, 6) is 0.622. The van der Waals surface area contributed by atoms with Gasteiger partial charge in [0, 0.05) is 5.56 Å². The van der Waals surface area contributed by atoms with Crippen molar-refractivity contribution in [3.63, 3.8) is 0 Å². The van der Waals surface area contributed by atoms with E-state index < -0.39 is 5.63 Å². The minimum atomic E-state index is -0.431. The van der Waals surface area contributed by atoms with Crippen molar-refractivity contribution in [2.75, 3.05) is 0 Å². The molecule has 3 heteroatoms. The second-order valence-corrected chi connectivity index (χ2v) is 4.68. The lowest BCUT2D eigenvalue weighted by atomic mass is 10.0. The quantitative estimate of drug-likeness (QED) is 0.769. The lowest BCUT2D eigenvalue weighted by Gasteiger charge is -2.07. The van der Waals surface area contributed by atoms with Crippen LogP contribution < -0.4 is 5.63 Å². The molecule has 0 fully saturated rings. The van der Waals surface area contributed by atoms with Crippen molar-refractivity contribution < 1.29 is 9.52 Å². The van der Waals surface area contributed by atoms with Gasteiger partial charge in [-0.1, -0.05) is 37.3 Å². The summed E-state index contributed by atoms with van der Waals surface area (Å²) in [5.41, 5.74) is 1.63. The molecule has 2 aromatic carbocycles. The van der Waals surface area contributed by atoms with E-state index in [2.05, 4.69) is 6.92 Å². The molecule has 20 heavy (non-hydrogen) atoms. The van der Waals surface area contributed by atoms with Crippen LogP contribution in [0.3, 0.4) is 0 Å². The number of rotatable bonds is 2. The monoisotopic (exact) mass is 266 g/mol. The maximum absolute atomic E-state index is 12.0. The molecule has 3 nitrogen and oxygen atoms in total. The first kappa shape index (κ1) is 12.5. The molecule has 0 saturated carbocycles. The molecule has 0 amide bonds. The van der Waals surface area contributed by atoms with Crippen LogP contribution in [0, 0.1) is 0 Å². The maximum Gasteiger partial charge on any atom is 0.344 e. The van der Waals surface area contributed by atoms with Crippen LogP contribution in [-0.2, 0) is 6.42 Å². The lowest BCUT2D eigenvalue weighted by molar-refractivity contribution is 0.475. The lowest BCUT2D eigenvalue weighted by Crippen LogP contribution is -2.01. The molecule has 0 aliphatic rings. The molecule has 1 aromatic heterocycles. The zero-order chi connectivity index (χ0) is 14.1. The van der Waals surface area contributed by atoms with Gasteiger partial charge in [-0.25, -0.2) is 4.79 Å². The first-order chi connectivity index (χ1) is 9.69. The Morgan fingerprint density at radius 3 is 2.70 bits per heavy atom. The molecule has 3 aromatic rings. The van der Waals surface area contributed by atoms with E-state index in [0.29, 0.717) is 11.1 Å². The zero-order valence-corrected chi connectivity index (χ0v) is 11.1. The van der Waals surface area contributed by atoms with Gasteiger partial charge in [-0.3, -0.25) is 0 Å². The summed E-state index contributed by atoms with van der Waals surface area (Å²) in [4.78, 5) is 12.0. The van der Waals surface area contributed by atoms with Gasteiger partial charge in [-0.2, -0.15) is 0 Å². The third-order valence-corrected chi connectivity index (χ3v) is 3.41. The van der Waals surface area contributed by atoms with Gasteiger partial charge in [-0.15, -0.1) is 0 Å². The molecule has 0 aliphatic carbocycles. The van der Waals surface area contributed by atoms with Crippen molar-refractivity contribution >= 4 is 10.8 Å². The number of phenols is 1. The summed E-state index contributed by atoms with van der Waals surface area (Å²) in [5, 5.41) is 10.6. The number of fused-ring (bicyclic) bond motifs is 1. The first-order valence-electron chi connectivity index (χ1n) is 6.54. The van der Waals surface area contributed by atoms with Crippen LogP contribution in [-0.4, -0.2) is 5.11 Å². The summed E-state index contributed by atoms with van der Waals surface area (Å²) < 4.78 is 5.41. The van der Waals surface area contributed by atoms with E-state index in [1.165, 1.54) is 6.07 Å². The number of aromatic hydroxyl groups is 1. The molecular weight excluding hydrogens is 252 g/mol. The summed E-state index contributed by atoms with van der Waals surface area (Å²) in [6, 6.07) is 14.4. The summed E-state index contributed by atoms with van der Waals surface area (Å²) in [7, 11) is 0. The van der Waals surface area contributed by atoms with E-state index in [9.17, 15) is 9.90 Å². The Balaban J connectivity index is 2.28. The Kier molecular flexibility index (Phi) is 3.03. The average molecular weight is 266 g/mol. The van der Waals surface area contributed by atoms with Crippen molar-refractivity contribution in [2.24, 2.45) is 0 Å². The van der Waals surface area contributed by atoms with E-state index in [0.717, 1.165) is 22.9 Å². The Morgan fingerprint density at radius 1 is 1.10 bits per heavy atom. The van der Waals surface area contributed by atoms with Crippen molar-refractivity contribution in [3.8, 4) is 17.1 Å².